The maximum absolute atomic E-state index is 10.8. The van der Waals surface area contributed by atoms with Crippen LogP contribution in [0.15, 0.2) is 24.3 Å². The maximum atomic E-state index is 10.8. The average Bonchev–Trinajstić information content (AvgIpc) is 2.18. The Hall–Kier alpha value is -1.77. The fourth-order valence-corrected chi connectivity index (χ4v) is 1.36. The van der Waals surface area contributed by atoms with Crippen LogP contribution in [-0.4, -0.2) is 12.6 Å². The van der Waals surface area contributed by atoms with Crippen molar-refractivity contribution in [2.45, 2.75) is 6.92 Å². The van der Waals surface area contributed by atoms with E-state index in [0.717, 1.165) is 11.3 Å². The van der Waals surface area contributed by atoms with Gasteiger partial charge < -0.3 is 9.47 Å². The largest absolute Gasteiger partial charge is 0.489 e. The van der Waals surface area contributed by atoms with Crippen LogP contribution in [0.3, 0.4) is 0 Å². The summed E-state index contributed by atoms with van der Waals surface area (Å²) in [4.78, 5) is 10.8. The molecule has 1 aromatic carbocycles. The van der Waals surface area contributed by atoms with E-state index >= 15 is 0 Å². The van der Waals surface area contributed by atoms with Crippen LogP contribution in [-0.2, 0) is 4.79 Å². The van der Waals surface area contributed by atoms with Crippen molar-refractivity contribution in [2.75, 3.05) is 6.61 Å². The molecule has 0 spiro atoms. The Balaban J connectivity index is 2.42. The second-order valence-corrected chi connectivity index (χ2v) is 2.97. The summed E-state index contributed by atoms with van der Waals surface area (Å²) in [7, 11) is 0. The summed E-state index contributed by atoms with van der Waals surface area (Å²) in [6, 6.07) is 5.40. The quantitative estimate of drug-likeness (QED) is 0.502. The van der Waals surface area contributed by atoms with Gasteiger partial charge in [0.2, 0.25) is 0 Å². The number of carbonyl (C=O) groups excluding carboxylic acids is 1. The Labute approximate surface area is 81.9 Å². The first kappa shape index (κ1) is 8.81. The fraction of sp³-hybridized carbons (Fsp3) is 0.182. The SMILES string of the molecule is CC(=O)Oc1cccc2c1C=CCO2. The molecule has 0 amide bonds. The summed E-state index contributed by atoms with van der Waals surface area (Å²) >= 11 is 0. The van der Waals surface area contributed by atoms with E-state index in [1.54, 1.807) is 12.1 Å². The van der Waals surface area contributed by atoms with E-state index in [1.807, 2.05) is 18.2 Å². The Morgan fingerprint density at radius 1 is 1.50 bits per heavy atom. The molecule has 3 heteroatoms. The van der Waals surface area contributed by atoms with Crippen LogP contribution < -0.4 is 9.47 Å². The molecule has 0 N–H and O–H groups in total. The predicted octanol–water partition coefficient (Wildman–Crippen LogP) is 2.02. The van der Waals surface area contributed by atoms with Crippen molar-refractivity contribution in [2.24, 2.45) is 0 Å². The van der Waals surface area contributed by atoms with Gasteiger partial charge in [-0.15, -0.1) is 0 Å². The number of hydrogen-bond donors (Lipinski definition) is 0. The molecule has 0 unspecified atom stereocenters. The van der Waals surface area contributed by atoms with Gasteiger partial charge in [-0.25, -0.2) is 0 Å². The minimum atomic E-state index is -0.322. The van der Waals surface area contributed by atoms with Gasteiger partial charge in [0.25, 0.3) is 0 Å². The van der Waals surface area contributed by atoms with Crippen molar-refractivity contribution in [1.29, 1.82) is 0 Å². The van der Waals surface area contributed by atoms with Crippen LogP contribution >= 0.6 is 0 Å². The normalized spacial score (nSPS) is 12.9. The summed E-state index contributed by atoms with van der Waals surface area (Å²) in [5, 5.41) is 0. The number of hydrogen-bond acceptors (Lipinski definition) is 3. The monoisotopic (exact) mass is 190 g/mol. The molecule has 0 aromatic heterocycles. The molecule has 0 saturated heterocycles. The topological polar surface area (TPSA) is 35.5 Å². The van der Waals surface area contributed by atoms with E-state index in [0.29, 0.717) is 12.4 Å². The summed E-state index contributed by atoms with van der Waals surface area (Å²) in [6.07, 6.45) is 3.78. The smallest absolute Gasteiger partial charge is 0.308 e. The van der Waals surface area contributed by atoms with Crippen molar-refractivity contribution < 1.29 is 14.3 Å². The lowest BCUT2D eigenvalue weighted by Gasteiger charge is -2.14. The van der Waals surface area contributed by atoms with Gasteiger partial charge >= 0.3 is 5.97 Å². The minimum Gasteiger partial charge on any atom is -0.489 e. The standard InChI is InChI=1S/C11H10O3/c1-8(12)14-11-6-2-5-10-9(11)4-3-7-13-10/h2-6H,7H2,1H3. The number of carbonyl (C=O) groups is 1. The number of fused-ring (bicyclic) bond motifs is 1. The number of esters is 1. The van der Waals surface area contributed by atoms with Gasteiger partial charge in [-0.2, -0.15) is 0 Å². The average molecular weight is 190 g/mol. The van der Waals surface area contributed by atoms with Crippen molar-refractivity contribution in [3.05, 3.63) is 29.8 Å². The number of benzene rings is 1. The highest BCUT2D eigenvalue weighted by Crippen LogP contribution is 2.31. The van der Waals surface area contributed by atoms with Crippen LogP contribution in [0, 0.1) is 0 Å². The lowest BCUT2D eigenvalue weighted by molar-refractivity contribution is -0.131. The lowest BCUT2D eigenvalue weighted by atomic mass is 10.1. The van der Waals surface area contributed by atoms with E-state index in [4.69, 9.17) is 9.47 Å². The van der Waals surface area contributed by atoms with Crippen LogP contribution in [0.2, 0.25) is 0 Å². The molecule has 3 nitrogen and oxygen atoms in total. The molecule has 0 fully saturated rings. The van der Waals surface area contributed by atoms with E-state index in [2.05, 4.69) is 0 Å². The number of rotatable bonds is 1. The third-order valence-corrected chi connectivity index (χ3v) is 1.90. The predicted molar refractivity (Wildman–Crippen MR) is 52.3 cm³/mol. The molecule has 14 heavy (non-hydrogen) atoms. The highest BCUT2D eigenvalue weighted by Gasteiger charge is 2.11. The van der Waals surface area contributed by atoms with Gasteiger partial charge in [0.15, 0.2) is 0 Å². The van der Waals surface area contributed by atoms with Gasteiger partial charge in [0.1, 0.15) is 18.1 Å². The van der Waals surface area contributed by atoms with Gasteiger partial charge in [0.05, 0.1) is 5.56 Å². The van der Waals surface area contributed by atoms with E-state index in [-0.39, 0.29) is 5.97 Å². The van der Waals surface area contributed by atoms with E-state index < -0.39 is 0 Å². The van der Waals surface area contributed by atoms with E-state index in [9.17, 15) is 4.79 Å². The first-order chi connectivity index (χ1) is 6.77. The molecular formula is C11H10O3. The van der Waals surface area contributed by atoms with Gasteiger partial charge in [-0.05, 0) is 24.3 Å². The Morgan fingerprint density at radius 3 is 3.14 bits per heavy atom. The van der Waals surface area contributed by atoms with Crippen molar-refractivity contribution in [3.8, 4) is 11.5 Å². The Bertz CT molecular complexity index is 394. The first-order valence-corrected chi connectivity index (χ1v) is 4.38. The van der Waals surface area contributed by atoms with Crippen molar-refractivity contribution >= 4 is 12.0 Å². The second kappa shape index (κ2) is 3.54. The maximum Gasteiger partial charge on any atom is 0.308 e. The van der Waals surface area contributed by atoms with Gasteiger partial charge in [-0.1, -0.05) is 6.07 Å². The molecule has 0 saturated carbocycles. The first-order valence-electron chi connectivity index (χ1n) is 4.38. The summed E-state index contributed by atoms with van der Waals surface area (Å²) < 4.78 is 10.4. The Kier molecular flexibility index (Phi) is 2.23. The fourth-order valence-electron chi connectivity index (χ4n) is 1.36. The molecule has 72 valence electrons. The lowest BCUT2D eigenvalue weighted by Crippen LogP contribution is -2.06. The summed E-state index contributed by atoms with van der Waals surface area (Å²) in [5.74, 6) is 0.981. The summed E-state index contributed by atoms with van der Waals surface area (Å²) in [6.45, 7) is 1.95. The Morgan fingerprint density at radius 2 is 2.36 bits per heavy atom. The van der Waals surface area contributed by atoms with Crippen LogP contribution in [0.5, 0.6) is 11.5 Å². The molecule has 0 atom stereocenters. The van der Waals surface area contributed by atoms with Gasteiger partial charge in [-0.3, -0.25) is 4.79 Å². The highest BCUT2D eigenvalue weighted by atomic mass is 16.5. The van der Waals surface area contributed by atoms with Crippen molar-refractivity contribution in [3.63, 3.8) is 0 Å². The van der Waals surface area contributed by atoms with Crippen LogP contribution in [0.4, 0.5) is 0 Å². The molecule has 1 aliphatic rings. The van der Waals surface area contributed by atoms with Crippen LogP contribution in [0.25, 0.3) is 6.08 Å². The molecule has 2 rings (SSSR count). The number of ether oxygens (including phenoxy) is 2. The zero-order valence-electron chi connectivity index (χ0n) is 7.82. The van der Waals surface area contributed by atoms with Gasteiger partial charge in [0, 0.05) is 6.92 Å². The zero-order chi connectivity index (χ0) is 9.97. The van der Waals surface area contributed by atoms with Crippen molar-refractivity contribution in [1.82, 2.24) is 0 Å². The molecule has 1 heterocycles. The molecule has 0 bridgehead atoms. The highest BCUT2D eigenvalue weighted by molar-refractivity contribution is 5.74. The molecule has 1 aliphatic heterocycles. The third kappa shape index (κ3) is 1.62. The molecule has 1 aromatic rings. The second-order valence-electron chi connectivity index (χ2n) is 2.97. The molecule has 0 aliphatic carbocycles. The van der Waals surface area contributed by atoms with E-state index in [1.165, 1.54) is 6.92 Å². The summed E-state index contributed by atoms with van der Waals surface area (Å²) in [5.41, 5.74) is 0.828. The molecule has 0 radical (unpaired) electrons. The zero-order valence-corrected chi connectivity index (χ0v) is 7.82. The third-order valence-electron chi connectivity index (χ3n) is 1.90. The van der Waals surface area contributed by atoms with Crippen LogP contribution in [0.1, 0.15) is 12.5 Å². The molecular weight excluding hydrogens is 180 g/mol. The minimum absolute atomic E-state index is 0.322.